The van der Waals surface area contributed by atoms with Crippen molar-refractivity contribution in [1.82, 2.24) is 9.66 Å². The first kappa shape index (κ1) is 27.9. The SMILES string of the molecule is CCOc1cc(C=Nn2c(-c3cc4ccccc4o3)nc3ccccc3c2=O)c(Br)c(Br)c1OCc1ccc(C)cc1. The standard InChI is InChI=1S/C33H25Br2N3O4/c1-3-40-27-17-23(29(34)30(35)31(27)41-19-21-14-12-20(2)13-15-21)18-36-38-32(28-16-22-8-4-7-11-26(22)42-28)37-25-10-6-5-9-24(25)33(38)39/h4-18H,3,19H2,1-2H3. The largest absolute Gasteiger partial charge is 0.490 e. The Labute approximate surface area is 258 Å². The van der Waals surface area contributed by atoms with Gasteiger partial charge in [-0.2, -0.15) is 9.78 Å². The molecule has 0 radical (unpaired) electrons. The van der Waals surface area contributed by atoms with E-state index >= 15 is 0 Å². The van der Waals surface area contributed by atoms with Crippen molar-refractivity contribution in [2.45, 2.75) is 20.5 Å². The predicted molar refractivity (Wildman–Crippen MR) is 173 cm³/mol. The Kier molecular flexibility index (Phi) is 7.95. The molecule has 0 aliphatic heterocycles. The van der Waals surface area contributed by atoms with Crippen LogP contribution in [0.2, 0.25) is 0 Å². The summed E-state index contributed by atoms with van der Waals surface area (Å²) in [6.07, 6.45) is 1.59. The highest BCUT2D eigenvalue weighted by atomic mass is 79.9. The van der Waals surface area contributed by atoms with Crippen molar-refractivity contribution in [3.05, 3.63) is 121 Å². The summed E-state index contributed by atoms with van der Waals surface area (Å²) in [4.78, 5) is 18.4. The fourth-order valence-electron chi connectivity index (χ4n) is 4.54. The Morgan fingerprint density at radius 1 is 0.952 bits per heavy atom. The second-order valence-electron chi connectivity index (χ2n) is 9.59. The number of para-hydroxylation sites is 2. The van der Waals surface area contributed by atoms with Crippen LogP contribution in [-0.4, -0.2) is 22.5 Å². The Bertz CT molecular complexity index is 1980. The van der Waals surface area contributed by atoms with E-state index < -0.39 is 0 Å². The predicted octanol–water partition coefficient (Wildman–Crippen LogP) is 8.50. The Morgan fingerprint density at radius 2 is 1.71 bits per heavy atom. The molecule has 0 aliphatic carbocycles. The zero-order valence-corrected chi connectivity index (χ0v) is 26.0. The molecule has 0 N–H and O–H groups in total. The van der Waals surface area contributed by atoms with Crippen molar-refractivity contribution in [2.75, 3.05) is 6.61 Å². The first-order valence-corrected chi connectivity index (χ1v) is 14.9. The first-order valence-electron chi connectivity index (χ1n) is 13.3. The molecular formula is C33H25Br2N3O4. The van der Waals surface area contributed by atoms with E-state index in [0.717, 1.165) is 10.9 Å². The lowest BCUT2D eigenvalue weighted by Gasteiger charge is -2.16. The van der Waals surface area contributed by atoms with Gasteiger partial charge < -0.3 is 13.9 Å². The molecule has 2 heterocycles. The van der Waals surface area contributed by atoms with Gasteiger partial charge in [-0.25, -0.2) is 4.98 Å². The van der Waals surface area contributed by atoms with E-state index in [-0.39, 0.29) is 5.56 Å². The molecule has 9 heteroatoms. The lowest BCUT2D eigenvalue weighted by Crippen LogP contribution is -2.20. The summed E-state index contributed by atoms with van der Waals surface area (Å²) in [5.74, 6) is 1.84. The summed E-state index contributed by atoms with van der Waals surface area (Å²) < 4.78 is 20.9. The molecule has 0 amide bonds. The van der Waals surface area contributed by atoms with E-state index in [0.29, 0.717) is 67.3 Å². The van der Waals surface area contributed by atoms with Gasteiger partial charge in [0.25, 0.3) is 5.56 Å². The highest BCUT2D eigenvalue weighted by Crippen LogP contribution is 2.43. The Morgan fingerprint density at radius 3 is 2.50 bits per heavy atom. The van der Waals surface area contributed by atoms with Crippen molar-refractivity contribution in [3.63, 3.8) is 0 Å². The van der Waals surface area contributed by atoms with Gasteiger partial charge in [0.2, 0.25) is 5.82 Å². The van der Waals surface area contributed by atoms with Crippen LogP contribution in [0, 0.1) is 6.92 Å². The number of rotatable bonds is 8. The Balaban J connectivity index is 1.43. The molecule has 0 unspecified atom stereocenters. The molecular weight excluding hydrogens is 662 g/mol. The number of benzene rings is 4. The number of furan rings is 1. The van der Waals surface area contributed by atoms with Crippen molar-refractivity contribution in [1.29, 1.82) is 0 Å². The lowest BCUT2D eigenvalue weighted by molar-refractivity contribution is 0.267. The second-order valence-corrected chi connectivity index (χ2v) is 11.2. The molecule has 0 atom stereocenters. The molecule has 0 saturated carbocycles. The summed E-state index contributed by atoms with van der Waals surface area (Å²) >= 11 is 7.35. The maximum Gasteiger partial charge on any atom is 0.282 e. The minimum Gasteiger partial charge on any atom is -0.490 e. The van der Waals surface area contributed by atoms with Crippen molar-refractivity contribution >= 4 is 59.9 Å². The van der Waals surface area contributed by atoms with Crippen LogP contribution >= 0.6 is 31.9 Å². The van der Waals surface area contributed by atoms with Crippen molar-refractivity contribution < 1.29 is 13.9 Å². The fourth-order valence-corrected chi connectivity index (χ4v) is 5.47. The molecule has 7 nitrogen and oxygen atoms in total. The second kappa shape index (κ2) is 12.0. The summed E-state index contributed by atoms with van der Waals surface area (Å²) in [5.41, 5.74) is 3.83. The van der Waals surface area contributed by atoms with Crippen LogP contribution < -0.4 is 15.0 Å². The maximum absolute atomic E-state index is 13.7. The van der Waals surface area contributed by atoms with E-state index in [2.05, 4.69) is 49.1 Å². The van der Waals surface area contributed by atoms with Gasteiger partial charge >= 0.3 is 0 Å². The van der Waals surface area contributed by atoms with E-state index in [4.69, 9.17) is 18.9 Å². The van der Waals surface area contributed by atoms with Crippen LogP contribution in [-0.2, 0) is 6.61 Å². The van der Waals surface area contributed by atoms with Gasteiger partial charge in [-0.05, 0) is 81.6 Å². The maximum atomic E-state index is 13.7. The van der Waals surface area contributed by atoms with Crippen LogP contribution in [0.25, 0.3) is 33.5 Å². The van der Waals surface area contributed by atoms with Gasteiger partial charge in [0.05, 0.1) is 28.2 Å². The number of hydrogen-bond acceptors (Lipinski definition) is 6. The van der Waals surface area contributed by atoms with E-state index in [9.17, 15) is 4.79 Å². The molecule has 6 rings (SSSR count). The van der Waals surface area contributed by atoms with Gasteiger partial charge in [0, 0.05) is 15.4 Å². The minimum absolute atomic E-state index is 0.296. The molecule has 0 bridgehead atoms. The quantitative estimate of drug-likeness (QED) is 0.150. The van der Waals surface area contributed by atoms with E-state index in [1.54, 1.807) is 24.4 Å². The zero-order valence-electron chi connectivity index (χ0n) is 22.8. The third-order valence-corrected chi connectivity index (χ3v) is 8.81. The van der Waals surface area contributed by atoms with Crippen LogP contribution in [0.3, 0.4) is 0 Å². The fraction of sp³-hybridized carbons (Fsp3) is 0.121. The zero-order chi connectivity index (χ0) is 29.2. The summed E-state index contributed by atoms with van der Waals surface area (Å²) in [6, 6.07) is 26.7. The molecule has 210 valence electrons. The van der Waals surface area contributed by atoms with Crippen LogP contribution in [0.4, 0.5) is 0 Å². The van der Waals surface area contributed by atoms with Crippen molar-refractivity contribution in [3.8, 4) is 23.1 Å². The number of nitrogens with zero attached hydrogens (tertiary/aromatic N) is 3. The van der Waals surface area contributed by atoms with Gasteiger partial charge in [-0.15, -0.1) is 0 Å². The van der Waals surface area contributed by atoms with Crippen LogP contribution in [0.15, 0.2) is 108 Å². The average molecular weight is 687 g/mol. The third kappa shape index (κ3) is 5.49. The van der Waals surface area contributed by atoms with Gasteiger partial charge in [-0.3, -0.25) is 4.79 Å². The third-order valence-electron chi connectivity index (χ3n) is 6.67. The topological polar surface area (TPSA) is 78.9 Å². The van der Waals surface area contributed by atoms with E-state index in [1.807, 2.05) is 68.4 Å². The Hall–Kier alpha value is -4.21. The van der Waals surface area contributed by atoms with E-state index in [1.165, 1.54) is 10.2 Å². The molecule has 6 aromatic rings. The first-order chi connectivity index (χ1) is 20.4. The van der Waals surface area contributed by atoms with Gasteiger partial charge in [0.1, 0.15) is 12.2 Å². The summed E-state index contributed by atoms with van der Waals surface area (Å²) in [7, 11) is 0. The van der Waals surface area contributed by atoms with Crippen LogP contribution in [0.1, 0.15) is 23.6 Å². The monoisotopic (exact) mass is 685 g/mol. The average Bonchev–Trinajstić information content (AvgIpc) is 3.44. The summed E-state index contributed by atoms with van der Waals surface area (Å²) in [6.45, 7) is 4.77. The summed E-state index contributed by atoms with van der Waals surface area (Å²) in [5, 5.41) is 5.97. The molecule has 0 saturated heterocycles. The van der Waals surface area contributed by atoms with Crippen molar-refractivity contribution in [2.24, 2.45) is 5.10 Å². The number of fused-ring (bicyclic) bond motifs is 2. The lowest BCUT2D eigenvalue weighted by atomic mass is 10.1. The highest BCUT2D eigenvalue weighted by Gasteiger charge is 2.19. The normalized spacial score (nSPS) is 11.5. The number of hydrogen-bond donors (Lipinski definition) is 0. The highest BCUT2D eigenvalue weighted by molar-refractivity contribution is 9.13. The number of ether oxygens (including phenoxy) is 2. The smallest absolute Gasteiger partial charge is 0.282 e. The molecule has 2 aromatic heterocycles. The molecule has 42 heavy (non-hydrogen) atoms. The number of halogens is 2. The molecule has 4 aromatic carbocycles. The number of aryl methyl sites for hydroxylation is 1. The van der Waals surface area contributed by atoms with Gasteiger partial charge in [-0.1, -0.05) is 60.2 Å². The molecule has 0 spiro atoms. The minimum atomic E-state index is -0.314. The molecule has 0 fully saturated rings. The van der Waals surface area contributed by atoms with Crippen LogP contribution in [0.5, 0.6) is 11.5 Å². The number of aromatic nitrogens is 2. The van der Waals surface area contributed by atoms with Gasteiger partial charge in [0.15, 0.2) is 17.3 Å². The molecule has 0 aliphatic rings.